The quantitative estimate of drug-likeness (QED) is 0.481. The lowest BCUT2D eigenvalue weighted by Crippen LogP contribution is -2.41. The largest absolute Gasteiger partial charge is 0.351 e. The van der Waals surface area contributed by atoms with Crippen LogP contribution in [0.2, 0.25) is 0 Å². The Labute approximate surface area is 74.2 Å². The van der Waals surface area contributed by atoms with E-state index in [1.54, 1.807) is 0 Å². The molecule has 0 radical (unpaired) electrons. The summed E-state index contributed by atoms with van der Waals surface area (Å²) in [4.78, 5) is 10.7. The maximum atomic E-state index is 10.7. The minimum atomic E-state index is -0.120. The zero-order valence-electron chi connectivity index (χ0n) is 8.11. The molecule has 0 unspecified atom stereocenters. The second-order valence-electron chi connectivity index (χ2n) is 3.67. The first-order valence-corrected chi connectivity index (χ1v) is 4.11. The van der Waals surface area contributed by atoms with Gasteiger partial charge in [0, 0.05) is 18.6 Å². The van der Waals surface area contributed by atoms with Crippen molar-refractivity contribution in [3.63, 3.8) is 0 Å². The summed E-state index contributed by atoms with van der Waals surface area (Å²) in [5.74, 6) is -0.120. The minimum Gasteiger partial charge on any atom is -0.351 e. The average Bonchev–Trinajstić information content (AvgIpc) is 1.96. The number of rotatable bonds is 4. The predicted octanol–water partition coefficient (Wildman–Crippen LogP) is 0.677. The van der Waals surface area contributed by atoms with Gasteiger partial charge >= 0.3 is 0 Å². The van der Waals surface area contributed by atoms with Crippen molar-refractivity contribution >= 4 is 5.91 Å². The standard InChI is InChI=1S/C9H18N2O/c1-5-8(12)10-6-7-11-9(2,3)4/h5,11H,1,6-7H2,2-4H3,(H,10,12). The van der Waals surface area contributed by atoms with Crippen LogP contribution < -0.4 is 10.6 Å². The van der Waals surface area contributed by atoms with E-state index >= 15 is 0 Å². The first-order valence-electron chi connectivity index (χ1n) is 4.11. The van der Waals surface area contributed by atoms with Crippen LogP contribution in [-0.4, -0.2) is 24.5 Å². The summed E-state index contributed by atoms with van der Waals surface area (Å²) in [5, 5.41) is 5.94. The summed E-state index contributed by atoms with van der Waals surface area (Å²) >= 11 is 0. The fourth-order valence-corrected chi connectivity index (χ4v) is 0.695. The normalized spacial score (nSPS) is 10.9. The van der Waals surface area contributed by atoms with Crippen LogP contribution in [0.5, 0.6) is 0 Å². The van der Waals surface area contributed by atoms with Gasteiger partial charge in [-0.3, -0.25) is 4.79 Å². The third-order valence-corrected chi connectivity index (χ3v) is 1.26. The molecule has 3 heteroatoms. The maximum absolute atomic E-state index is 10.7. The summed E-state index contributed by atoms with van der Waals surface area (Å²) in [6.45, 7) is 11.0. The van der Waals surface area contributed by atoms with Gasteiger partial charge in [0.15, 0.2) is 0 Å². The second kappa shape index (κ2) is 4.93. The van der Waals surface area contributed by atoms with Gasteiger partial charge in [0.1, 0.15) is 0 Å². The Kier molecular flexibility index (Phi) is 4.59. The molecule has 70 valence electrons. The fourth-order valence-electron chi connectivity index (χ4n) is 0.695. The highest BCUT2D eigenvalue weighted by atomic mass is 16.1. The number of amides is 1. The van der Waals surface area contributed by atoms with Crippen molar-refractivity contribution < 1.29 is 4.79 Å². The topological polar surface area (TPSA) is 41.1 Å². The molecule has 0 saturated heterocycles. The van der Waals surface area contributed by atoms with Crippen molar-refractivity contribution in [3.05, 3.63) is 12.7 Å². The van der Waals surface area contributed by atoms with Gasteiger partial charge in [-0.25, -0.2) is 0 Å². The first-order chi connectivity index (χ1) is 5.45. The fraction of sp³-hybridized carbons (Fsp3) is 0.667. The smallest absolute Gasteiger partial charge is 0.243 e. The van der Waals surface area contributed by atoms with E-state index < -0.39 is 0 Å². The van der Waals surface area contributed by atoms with Gasteiger partial charge in [-0.2, -0.15) is 0 Å². The molecule has 0 heterocycles. The summed E-state index contributed by atoms with van der Waals surface area (Å²) in [5.41, 5.74) is 0.110. The molecular formula is C9H18N2O. The molecular weight excluding hydrogens is 152 g/mol. The van der Waals surface area contributed by atoms with Crippen molar-refractivity contribution in [3.8, 4) is 0 Å². The molecule has 2 N–H and O–H groups in total. The van der Waals surface area contributed by atoms with E-state index in [1.807, 2.05) is 0 Å². The Bertz CT molecular complexity index is 158. The van der Waals surface area contributed by atoms with Gasteiger partial charge in [0.25, 0.3) is 0 Å². The van der Waals surface area contributed by atoms with E-state index in [0.717, 1.165) is 6.54 Å². The Morgan fingerprint density at radius 1 is 1.42 bits per heavy atom. The molecule has 0 aromatic carbocycles. The third-order valence-electron chi connectivity index (χ3n) is 1.26. The number of hydrogen-bond donors (Lipinski definition) is 2. The summed E-state index contributed by atoms with van der Waals surface area (Å²) in [7, 11) is 0. The van der Waals surface area contributed by atoms with Crippen molar-refractivity contribution in [2.75, 3.05) is 13.1 Å². The second-order valence-corrected chi connectivity index (χ2v) is 3.67. The molecule has 0 aliphatic carbocycles. The lowest BCUT2D eigenvalue weighted by Gasteiger charge is -2.20. The highest BCUT2D eigenvalue weighted by molar-refractivity contribution is 5.86. The molecule has 3 nitrogen and oxygen atoms in total. The Morgan fingerprint density at radius 2 is 2.00 bits per heavy atom. The van der Waals surface area contributed by atoms with Crippen LogP contribution in [-0.2, 0) is 4.79 Å². The zero-order valence-corrected chi connectivity index (χ0v) is 8.11. The number of nitrogens with one attached hydrogen (secondary N) is 2. The van der Waals surface area contributed by atoms with Crippen molar-refractivity contribution in [1.82, 2.24) is 10.6 Å². The van der Waals surface area contributed by atoms with E-state index in [2.05, 4.69) is 38.0 Å². The average molecular weight is 170 g/mol. The molecule has 0 bridgehead atoms. The molecule has 1 amide bonds. The Morgan fingerprint density at radius 3 is 2.42 bits per heavy atom. The van der Waals surface area contributed by atoms with Gasteiger partial charge in [0.05, 0.1) is 0 Å². The van der Waals surface area contributed by atoms with Gasteiger partial charge < -0.3 is 10.6 Å². The van der Waals surface area contributed by atoms with Gasteiger partial charge in [-0.15, -0.1) is 0 Å². The molecule has 0 rings (SSSR count). The van der Waals surface area contributed by atoms with Crippen LogP contribution in [0.3, 0.4) is 0 Å². The SMILES string of the molecule is C=CC(=O)NCCNC(C)(C)C. The van der Waals surface area contributed by atoms with Crippen LogP contribution in [0.1, 0.15) is 20.8 Å². The van der Waals surface area contributed by atoms with E-state index in [1.165, 1.54) is 6.08 Å². The molecule has 0 aliphatic rings. The Balaban J connectivity index is 3.34. The van der Waals surface area contributed by atoms with Crippen molar-refractivity contribution in [2.45, 2.75) is 26.3 Å². The van der Waals surface area contributed by atoms with Gasteiger partial charge in [0.2, 0.25) is 5.91 Å². The first kappa shape index (κ1) is 11.2. The van der Waals surface area contributed by atoms with E-state index in [0.29, 0.717) is 6.54 Å². The number of hydrogen-bond acceptors (Lipinski definition) is 2. The molecule has 0 spiro atoms. The highest BCUT2D eigenvalue weighted by Gasteiger charge is 2.06. The monoisotopic (exact) mass is 170 g/mol. The van der Waals surface area contributed by atoms with Crippen LogP contribution in [0, 0.1) is 0 Å². The van der Waals surface area contributed by atoms with E-state index in [-0.39, 0.29) is 11.4 Å². The van der Waals surface area contributed by atoms with Crippen LogP contribution in [0.25, 0.3) is 0 Å². The van der Waals surface area contributed by atoms with Gasteiger partial charge in [-0.05, 0) is 26.8 Å². The predicted molar refractivity (Wildman–Crippen MR) is 51.0 cm³/mol. The van der Waals surface area contributed by atoms with E-state index in [9.17, 15) is 4.79 Å². The molecule has 0 aromatic heterocycles. The molecule has 0 saturated carbocycles. The molecule has 0 fully saturated rings. The number of carbonyl (C=O) groups excluding carboxylic acids is 1. The van der Waals surface area contributed by atoms with Crippen molar-refractivity contribution in [2.24, 2.45) is 0 Å². The zero-order chi connectivity index (χ0) is 9.61. The lowest BCUT2D eigenvalue weighted by atomic mass is 10.1. The summed E-state index contributed by atoms with van der Waals surface area (Å²) in [6.07, 6.45) is 1.27. The molecule has 0 aliphatic heterocycles. The Hall–Kier alpha value is -0.830. The third kappa shape index (κ3) is 7.28. The highest BCUT2D eigenvalue weighted by Crippen LogP contribution is 1.96. The summed E-state index contributed by atoms with van der Waals surface area (Å²) < 4.78 is 0. The summed E-state index contributed by atoms with van der Waals surface area (Å²) in [6, 6.07) is 0. The lowest BCUT2D eigenvalue weighted by molar-refractivity contribution is -0.116. The van der Waals surface area contributed by atoms with E-state index in [4.69, 9.17) is 0 Å². The molecule has 0 aromatic rings. The maximum Gasteiger partial charge on any atom is 0.243 e. The van der Waals surface area contributed by atoms with Crippen molar-refractivity contribution in [1.29, 1.82) is 0 Å². The van der Waals surface area contributed by atoms with Crippen LogP contribution in [0.4, 0.5) is 0 Å². The van der Waals surface area contributed by atoms with Gasteiger partial charge in [-0.1, -0.05) is 6.58 Å². The number of carbonyl (C=O) groups is 1. The molecule has 0 atom stereocenters. The van der Waals surface area contributed by atoms with Crippen LogP contribution >= 0.6 is 0 Å². The molecule has 12 heavy (non-hydrogen) atoms. The minimum absolute atomic E-state index is 0.110. The van der Waals surface area contributed by atoms with Crippen LogP contribution in [0.15, 0.2) is 12.7 Å².